The van der Waals surface area contributed by atoms with Crippen LogP contribution in [0.3, 0.4) is 0 Å². The summed E-state index contributed by atoms with van der Waals surface area (Å²) in [6.45, 7) is 0. The van der Waals surface area contributed by atoms with Crippen molar-refractivity contribution < 1.29 is 9.50 Å². The van der Waals surface area contributed by atoms with Gasteiger partial charge in [0.05, 0.1) is 4.47 Å². The second-order valence-corrected chi connectivity index (χ2v) is 3.98. The molecule has 0 aliphatic rings. The molecule has 0 saturated carbocycles. The highest BCUT2D eigenvalue weighted by molar-refractivity contribution is 9.10. The molecule has 78 valence electrons. The Balaban J connectivity index is 2.42. The highest BCUT2D eigenvalue weighted by atomic mass is 79.9. The number of nitrogens with one attached hydrogen (secondary N) is 1. The molecule has 1 heterocycles. The van der Waals surface area contributed by atoms with E-state index in [1.807, 2.05) is 0 Å². The molecule has 2 nitrogen and oxygen atoms in total. The number of rotatable bonds is 2. The number of aliphatic hydroxyl groups excluding tert-OH is 1. The van der Waals surface area contributed by atoms with Crippen molar-refractivity contribution in [2.24, 2.45) is 0 Å². The quantitative estimate of drug-likeness (QED) is 0.864. The number of aromatic nitrogens is 1. The molecule has 0 bridgehead atoms. The van der Waals surface area contributed by atoms with E-state index in [4.69, 9.17) is 0 Å². The van der Waals surface area contributed by atoms with Crippen molar-refractivity contribution in [3.8, 4) is 0 Å². The van der Waals surface area contributed by atoms with Gasteiger partial charge in [-0.15, -0.1) is 0 Å². The van der Waals surface area contributed by atoms with E-state index in [-0.39, 0.29) is 5.82 Å². The minimum Gasteiger partial charge on any atom is -0.384 e. The maximum atomic E-state index is 13.2. The van der Waals surface area contributed by atoms with E-state index in [1.54, 1.807) is 30.6 Å². The summed E-state index contributed by atoms with van der Waals surface area (Å²) in [5.41, 5.74) is 1.23. The Morgan fingerprint density at radius 3 is 2.80 bits per heavy atom. The molecular weight excluding hydrogens is 261 g/mol. The van der Waals surface area contributed by atoms with E-state index < -0.39 is 6.10 Å². The van der Waals surface area contributed by atoms with Crippen LogP contribution in [0.5, 0.6) is 0 Å². The van der Waals surface area contributed by atoms with Gasteiger partial charge in [-0.25, -0.2) is 4.39 Å². The van der Waals surface area contributed by atoms with Crippen molar-refractivity contribution in [3.63, 3.8) is 0 Å². The molecular formula is C11H9BrFNO. The molecule has 1 aromatic carbocycles. The van der Waals surface area contributed by atoms with Gasteiger partial charge in [0.1, 0.15) is 11.9 Å². The van der Waals surface area contributed by atoms with Gasteiger partial charge in [0, 0.05) is 23.5 Å². The maximum Gasteiger partial charge on any atom is 0.137 e. The second-order valence-electron chi connectivity index (χ2n) is 3.19. The number of hydrogen-bond acceptors (Lipinski definition) is 1. The molecule has 0 spiro atoms. The van der Waals surface area contributed by atoms with Crippen LogP contribution in [0.2, 0.25) is 0 Å². The molecule has 15 heavy (non-hydrogen) atoms. The van der Waals surface area contributed by atoms with Gasteiger partial charge >= 0.3 is 0 Å². The van der Waals surface area contributed by atoms with Gasteiger partial charge in [-0.1, -0.05) is 12.1 Å². The summed E-state index contributed by atoms with van der Waals surface area (Å²) in [4.78, 5) is 2.85. The average Bonchev–Trinajstić information content (AvgIpc) is 2.74. The topological polar surface area (TPSA) is 36.0 Å². The number of halogens is 2. The Morgan fingerprint density at radius 2 is 2.13 bits per heavy atom. The average molecular weight is 270 g/mol. The summed E-state index contributed by atoms with van der Waals surface area (Å²) < 4.78 is 13.5. The molecule has 0 amide bonds. The minimum atomic E-state index is -0.818. The molecule has 0 saturated heterocycles. The lowest BCUT2D eigenvalue weighted by molar-refractivity contribution is 0.219. The first-order valence-corrected chi connectivity index (χ1v) is 5.24. The smallest absolute Gasteiger partial charge is 0.137 e. The summed E-state index contributed by atoms with van der Waals surface area (Å²) in [6, 6.07) is 6.36. The molecule has 1 aromatic heterocycles. The van der Waals surface area contributed by atoms with Crippen LogP contribution >= 0.6 is 15.9 Å². The Kier molecular flexibility index (Phi) is 2.88. The number of benzene rings is 1. The summed E-state index contributed by atoms with van der Waals surface area (Å²) in [6.07, 6.45) is 2.58. The van der Waals surface area contributed by atoms with E-state index >= 15 is 0 Å². The van der Waals surface area contributed by atoms with Crippen LogP contribution in [0, 0.1) is 5.82 Å². The van der Waals surface area contributed by atoms with Crippen molar-refractivity contribution in [2.45, 2.75) is 6.10 Å². The molecule has 2 N–H and O–H groups in total. The third kappa shape index (κ3) is 1.96. The third-order valence-corrected chi connectivity index (χ3v) is 3.05. The molecule has 0 fully saturated rings. The molecule has 4 heteroatoms. The normalized spacial score (nSPS) is 12.7. The van der Waals surface area contributed by atoms with Gasteiger partial charge in [0.15, 0.2) is 0 Å². The standard InChI is InChI=1S/C11H9BrFNO/c12-10-8(2-1-3-9(10)13)11(15)7-4-5-14-6-7/h1-6,11,14-15H. The van der Waals surface area contributed by atoms with Crippen molar-refractivity contribution in [1.82, 2.24) is 4.98 Å². The van der Waals surface area contributed by atoms with E-state index in [0.717, 1.165) is 0 Å². The second kappa shape index (κ2) is 4.16. The molecule has 2 aromatic rings. The lowest BCUT2D eigenvalue weighted by Gasteiger charge is -2.11. The van der Waals surface area contributed by atoms with Gasteiger partial charge < -0.3 is 10.1 Å². The Labute approximate surface area is 94.9 Å². The highest BCUT2D eigenvalue weighted by Crippen LogP contribution is 2.29. The first-order chi connectivity index (χ1) is 7.20. The molecule has 0 aliphatic heterocycles. The fourth-order valence-corrected chi connectivity index (χ4v) is 1.90. The summed E-state index contributed by atoms with van der Waals surface area (Å²) in [5.74, 6) is -0.373. The van der Waals surface area contributed by atoms with Crippen LogP contribution < -0.4 is 0 Å². The number of H-pyrrole nitrogens is 1. The largest absolute Gasteiger partial charge is 0.384 e. The Bertz CT molecular complexity index is 456. The number of hydrogen-bond donors (Lipinski definition) is 2. The molecule has 0 radical (unpaired) electrons. The lowest BCUT2D eigenvalue weighted by atomic mass is 10.0. The van der Waals surface area contributed by atoms with Gasteiger partial charge in [0.2, 0.25) is 0 Å². The van der Waals surface area contributed by atoms with Crippen molar-refractivity contribution in [2.75, 3.05) is 0 Å². The van der Waals surface area contributed by atoms with Gasteiger partial charge in [-0.3, -0.25) is 0 Å². The lowest BCUT2D eigenvalue weighted by Crippen LogP contribution is -2.00. The van der Waals surface area contributed by atoms with Crippen LogP contribution in [-0.4, -0.2) is 10.1 Å². The van der Waals surface area contributed by atoms with Crippen molar-refractivity contribution in [1.29, 1.82) is 0 Å². The zero-order chi connectivity index (χ0) is 10.8. The minimum absolute atomic E-state index is 0.304. The van der Waals surface area contributed by atoms with Crippen LogP contribution in [0.1, 0.15) is 17.2 Å². The van der Waals surface area contributed by atoms with E-state index in [1.165, 1.54) is 6.07 Å². The SMILES string of the molecule is OC(c1cc[nH]c1)c1cccc(F)c1Br. The van der Waals surface area contributed by atoms with Crippen LogP contribution in [-0.2, 0) is 0 Å². The van der Waals surface area contributed by atoms with Gasteiger partial charge in [-0.05, 0) is 28.1 Å². The fraction of sp³-hybridized carbons (Fsp3) is 0.0909. The molecule has 0 aliphatic carbocycles. The predicted octanol–water partition coefficient (Wildman–Crippen LogP) is 3.00. The zero-order valence-corrected chi connectivity index (χ0v) is 9.33. The Hall–Kier alpha value is -1.13. The summed E-state index contributed by atoms with van der Waals surface area (Å²) in [7, 11) is 0. The van der Waals surface area contributed by atoms with Gasteiger partial charge in [0.25, 0.3) is 0 Å². The van der Waals surface area contributed by atoms with Crippen LogP contribution in [0.15, 0.2) is 41.1 Å². The molecule has 1 atom stereocenters. The van der Waals surface area contributed by atoms with Crippen molar-refractivity contribution in [3.05, 3.63) is 58.1 Å². The zero-order valence-electron chi connectivity index (χ0n) is 7.74. The van der Waals surface area contributed by atoms with Crippen molar-refractivity contribution >= 4 is 15.9 Å². The number of aromatic amines is 1. The molecule has 2 rings (SSSR count). The summed E-state index contributed by atoms with van der Waals surface area (Å²) >= 11 is 3.12. The van der Waals surface area contributed by atoms with E-state index in [2.05, 4.69) is 20.9 Å². The predicted molar refractivity (Wildman–Crippen MR) is 59.0 cm³/mol. The highest BCUT2D eigenvalue weighted by Gasteiger charge is 2.15. The van der Waals surface area contributed by atoms with Crippen LogP contribution in [0.25, 0.3) is 0 Å². The maximum absolute atomic E-state index is 13.2. The number of aliphatic hydroxyl groups is 1. The third-order valence-electron chi connectivity index (χ3n) is 2.21. The van der Waals surface area contributed by atoms with Gasteiger partial charge in [-0.2, -0.15) is 0 Å². The fourth-order valence-electron chi connectivity index (χ4n) is 1.42. The summed E-state index contributed by atoms with van der Waals surface area (Å²) in [5, 5.41) is 9.97. The first kappa shape index (κ1) is 10.4. The van der Waals surface area contributed by atoms with E-state index in [0.29, 0.717) is 15.6 Å². The molecule has 1 unspecified atom stereocenters. The monoisotopic (exact) mass is 269 g/mol. The van der Waals surface area contributed by atoms with E-state index in [9.17, 15) is 9.50 Å². The first-order valence-electron chi connectivity index (χ1n) is 4.45. The van der Waals surface area contributed by atoms with Crippen LogP contribution in [0.4, 0.5) is 4.39 Å². The Morgan fingerprint density at radius 1 is 1.33 bits per heavy atom.